The number of nitriles is 1. The summed E-state index contributed by atoms with van der Waals surface area (Å²) >= 11 is 0. The number of rotatable bonds is 5. The van der Waals surface area contributed by atoms with Gasteiger partial charge in [-0.2, -0.15) is 5.26 Å². The monoisotopic (exact) mass is 281 g/mol. The molecule has 1 unspecified atom stereocenters. The van der Waals surface area contributed by atoms with Crippen molar-refractivity contribution in [1.29, 1.82) is 5.26 Å². The molecule has 4 heteroatoms. The number of nitrogens with two attached hydrogens (primary N) is 1. The Morgan fingerprint density at radius 2 is 2.10 bits per heavy atom. The smallest absolute Gasteiger partial charge is 0.121 e. The van der Waals surface area contributed by atoms with E-state index in [1.165, 1.54) is 0 Å². The minimum atomic E-state index is 0.173. The Labute approximate surface area is 125 Å². The fraction of sp³-hybridized carbons (Fsp3) is 0.235. The summed E-state index contributed by atoms with van der Waals surface area (Å²) in [6.07, 6.45) is 1.13. The summed E-state index contributed by atoms with van der Waals surface area (Å²) in [5.74, 6) is 0.810. The standard InChI is InChI=1S/C17H19N3O/c1-3-12(2)21-15-6-4-5-14(10-15)20-17-9-13(11-18)7-8-16(17)19/h4-10,12,20H,3,19H2,1-2H3. The molecule has 4 nitrogen and oxygen atoms in total. The van der Waals surface area contributed by atoms with Crippen molar-refractivity contribution < 1.29 is 4.74 Å². The highest BCUT2D eigenvalue weighted by Crippen LogP contribution is 2.26. The summed E-state index contributed by atoms with van der Waals surface area (Å²) in [6, 6.07) is 15.0. The number of nitrogens with zero attached hydrogens (tertiary/aromatic N) is 1. The minimum absolute atomic E-state index is 0.173. The van der Waals surface area contributed by atoms with E-state index in [-0.39, 0.29) is 6.10 Å². The van der Waals surface area contributed by atoms with Crippen LogP contribution in [0.2, 0.25) is 0 Å². The first-order chi connectivity index (χ1) is 10.1. The van der Waals surface area contributed by atoms with Gasteiger partial charge in [-0.15, -0.1) is 0 Å². The minimum Gasteiger partial charge on any atom is -0.491 e. The van der Waals surface area contributed by atoms with Crippen LogP contribution in [0.1, 0.15) is 25.8 Å². The van der Waals surface area contributed by atoms with Crippen LogP contribution in [0.5, 0.6) is 5.75 Å². The molecule has 3 N–H and O–H groups in total. The lowest BCUT2D eigenvalue weighted by atomic mass is 10.2. The Balaban J connectivity index is 2.20. The third-order valence-electron chi connectivity index (χ3n) is 3.21. The van der Waals surface area contributed by atoms with Crippen molar-refractivity contribution in [2.75, 3.05) is 11.1 Å². The Morgan fingerprint density at radius 3 is 2.81 bits per heavy atom. The summed E-state index contributed by atoms with van der Waals surface area (Å²) in [6.45, 7) is 4.12. The number of nitrogen functional groups attached to an aromatic ring is 1. The largest absolute Gasteiger partial charge is 0.491 e. The topological polar surface area (TPSA) is 71.1 Å². The van der Waals surface area contributed by atoms with Crippen LogP contribution in [0, 0.1) is 11.3 Å². The zero-order valence-corrected chi connectivity index (χ0v) is 12.3. The predicted octanol–water partition coefficient (Wildman–Crippen LogP) is 4.06. The second-order valence-electron chi connectivity index (χ2n) is 4.90. The molecular weight excluding hydrogens is 262 g/mol. The van der Waals surface area contributed by atoms with Crippen LogP contribution < -0.4 is 15.8 Å². The first-order valence-electron chi connectivity index (χ1n) is 6.95. The van der Waals surface area contributed by atoms with Crippen molar-refractivity contribution >= 4 is 17.1 Å². The molecule has 0 saturated carbocycles. The maximum absolute atomic E-state index is 8.95. The Hall–Kier alpha value is -2.67. The zero-order valence-electron chi connectivity index (χ0n) is 12.3. The second-order valence-corrected chi connectivity index (χ2v) is 4.90. The number of ether oxygens (including phenoxy) is 1. The van der Waals surface area contributed by atoms with Crippen LogP contribution in [0.25, 0.3) is 0 Å². The normalized spacial score (nSPS) is 11.5. The van der Waals surface area contributed by atoms with Crippen molar-refractivity contribution in [2.24, 2.45) is 0 Å². The van der Waals surface area contributed by atoms with Gasteiger partial charge >= 0.3 is 0 Å². The molecule has 2 aromatic carbocycles. The van der Waals surface area contributed by atoms with Gasteiger partial charge in [0.25, 0.3) is 0 Å². The molecule has 0 radical (unpaired) electrons. The third-order valence-corrected chi connectivity index (χ3v) is 3.21. The molecule has 0 aromatic heterocycles. The van der Waals surface area contributed by atoms with E-state index in [1.807, 2.05) is 31.2 Å². The van der Waals surface area contributed by atoms with Gasteiger partial charge in [0.05, 0.1) is 29.1 Å². The lowest BCUT2D eigenvalue weighted by molar-refractivity contribution is 0.217. The SMILES string of the molecule is CCC(C)Oc1cccc(Nc2cc(C#N)ccc2N)c1. The van der Waals surface area contributed by atoms with E-state index >= 15 is 0 Å². The van der Waals surface area contributed by atoms with E-state index in [0.717, 1.165) is 23.5 Å². The van der Waals surface area contributed by atoms with Gasteiger partial charge in [0.1, 0.15) is 5.75 Å². The number of hydrogen-bond donors (Lipinski definition) is 2. The van der Waals surface area contributed by atoms with Crippen LogP contribution >= 0.6 is 0 Å². The van der Waals surface area contributed by atoms with Crippen molar-refractivity contribution in [2.45, 2.75) is 26.4 Å². The molecule has 0 amide bonds. The molecule has 2 aromatic rings. The molecule has 2 rings (SSSR count). The summed E-state index contributed by atoms with van der Waals surface area (Å²) in [5.41, 5.74) is 8.69. The molecule has 1 atom stereocenters. The summed E-state index contributed by atoms with van der Waals surface area (Å²) in [7, 11) is 0. The highest BCUT2D eigenvalue weighted by Gasteiger charge is 2.05. The first kappa shape index (κ1) is 14.7. The molecule has 0 bridgehead atoms. The second kappa shape index (κ2) is 6.67. The summed E-state index contributed by atoms with van der Waals surface area (Å²) in [5, 5.41) is 12.2. The summed E-state index contributed by atoms with van der Waals surface area (Å²) in [4.78, 5) is 0. The predicted molar refractivity (Wildman–Crippen MR) is 85.7 cm³/mol. The highest BCUT2D eigenvalue weighted by molar-refractivity contribution is 5.74. The van der Waals surface area contributed by atoms with Crippen molar-refractivity contribution in [1.82, 2.24) is 0 Å². The number of benzene rings is 2. The van der Waals surface area contributed by atoms with E-state index in [9.17, 15) is 0 Å². The molecule has 108 valence electrons. The molecule has 0 aliphatic heterocycles. The molecule has 0 aliphatic carbocycles. The van der Waals surface area contributed by atoms with Crippen LogP contribution in [0.4, 0.5) is 17.1 Å². The van der Waals surface area contributed by atoms with E-state index in [0.29, 0.717) is 11.3 Å². The molecule has 0 heterocycles. The van der Waals surface area contributed by atoms with Crippen molar-refractivity contribution in [3.63, 3.8) is 0 Å². The average Bonchev–Trinajstić information content (AvgIpc) is 2.49. The molecule has 21 heavy (non-hydrogen) atoms. The van der Waals surface area contributed by atoms with E-state index in [1.54, 1.807) is 18.2 Å². The number of anilines is 3. The van der Waals surface area contributed by atoms with Crippen LogP contribution in [-0.4, -0.2) is 6.10 Å². The average molecular weight is 281 g/mol. The van der Waals surface area contributed by atoms with Gasteiger partial charge in [-0.05, 0) is 43.7 Å². The Kier molecular flexibility index (Phi) is 4.68. The quantitative estimate of drug-likeness (QED) is 0.811. The lowest BCUT2D eigenvalue weighted by Crippen LogP contribution is -2.09. The maximum Gasteiger partial charge on any atom is 0.121 e. The van der Waals surface area contributed by atoms with Crippen LogP contribution in [0.3, 0.4) is 0 Å². The van der Waals surface area contributed by atoms with E-state index in [2.05, 4.69) is 18.3 Å². The van der Waals surface area contributed by atoms with Gasteiger partial charge in [0.15, 0.2) is 0 Å². The van der Waals surface area contributed by atoms with Crippen LogP contribution in [-0.2, 0) is 0 Å². The number of hydrogen-bond acceptors (Lipinski definition) is 4. The molecule has 0 spiro atoms. The van der Waals surface area contributed by atoms with E-state index in [4.69, 9.17) is 15.7 Å². The zero-order chi connectivity index (χ0) is 15.2. The Bertz CT molecular complexity index is 661. The molecule has 0 aliphatic rings. The lowest BCUT2D eigenvalue weighted by Gasteiger charge is -2.14. The van der Waals surface area contributed by atoms with Gasteiger partial charge in [0, 0.05) is 11.8 Å². The van der Waals surface area contributed by atoms with Gasteiger partial charge in [-0.1, -0.05) is 13.0 Å². The fourth-order valence-corrected chi connectivity index (χ4v) is 1.85. The highest BCUT2D eigenvalue weighted by atomic mass is 16.5. The third kappa shape index (κ3) is 3.90. The van der Waals surface area contributed by atoms with Gasteiger partial charge in [0.2, 0.25) is 0 Å². The molecular formula is C17H19N3O. The molecule has 0 saturated heterocycles. The number of nitrogens with one attached hydrogen (secondary N) is 1. The van der Waals surface area contributed by atoms with E-state index < -0.39 is 0 Å². The molecule has 0 fully saturated rings. The Morgan fingerprint density at radius 1 is 1.29 bits per heavy atom. The first-order valence-corrected chi connectivity index (χ1v) is 6.95. The van der Waals surface area contributed by atoms with Crippen molar-refractivity contribution in [3.05, 3.63) is 48.0 Å². The van der Waals surface area contributed by atoms with Crippen LogP contribution in [0.15, 0.2) is 42.5 Å². The van der Waals surface area contributed by atoms with Gasteiger partial charge in [-0.3, -0.25) is 0 Å². The van der Waals surface area contributed by atoms with Gasteiger partial charge in [-0.25, -0.2) is 0 Å². The maximum atomic E-state index is 8.95. The fourth-order valence-electron chi connectivity index (χ4n) is 1.85. The van der Waals surface area contributed by atoms with Gasteiger partial charge < -0.3 is 15.8 Å². The van der Waals surface area contributed by atoms with Crippen molar-refractivity contribution in [3.8, 4) is 11.8 Å². The summed E-state index contributed by atoms with van der Waals surface area (Å²) < 4.78 is 5.79.